The fourth-order valence-electron chi connectivity index (χ4n) is 1.53. The van der Waals surface area contributed by atoms with E-state index in [9.17, 15) is 9.90 Å². The van der Waals surface area contributed by atoms with E-state index in [1.807, 2.05) is 0 Å². The van der Waals surface area contributed by atoms with E-state index in [0.717, 1.165) is 0 Å². The number of allylic oxidation sites excluding steroid dienone is 2. The SMILES string of the molecule is COC(=O)C(C#N)=CC=Cc1cc(OC)c(O)c(OC)c1. The van der Waals surface area contributed by atoms with E-state index in [1.165, 1.54) is 33.5 Å². The van der Waals surface area contributed by atoms with Gasteiger partial charge in [0.25, 0.3) is 0 Å². The summed E-state index contributed by atoms with van der Waals surface area (Å²) in [5.74, 6) is -0.291. The largest absolute Gasteiger partial charge is 0.502 e. The predicted molar refractivity (Wildman–Crippen MR) is 76.0 cm³/mol. The number of hydrogen-bond donors (Lipinski definition) is 1. The molecule has 0 fully saturated rings. The summed E-state index contributed by atoms with van der Waals surface area (Å²) in [4.78, 5) is 11.2. The lowest BCUT2D eigenvalue weighted by Gasteiger charge is -2.09. The minimum Gasteiger partial charge on any atom is -0.502 e. The maximum absolute atomic E-state index is 11.2. The Morgan fingerprint density at radius 3 is 2.24 bits per heavy atom. The number of esters is 1. The molecule has 1 rings (SSSR count). The van der Waals surface area contributed by atoms with Gasteiger partial charge >= 0.3 is 5.97 Å². The van der Waals surface area contributed by atoms with Gasteiger partial charge in [0.2, 0.25) is 5.75 Å². The molecule has 0 aliphatic carbocycles. The van der Waals surface area contributed by atoms with Crippen LogP contribution in [0.15, 0.2) is 29.9 Å². The van der Waals surface area contributed by atoms with Crippen molar-refractivity contribution in [3.63, 3.8) is 0 Å². The van der Waals surface area contributed by atoms with Crippen molar-refractivity contribution in [1.82, 2.24) is 0 Å². The van der Waals surface area contributed by atoms with Crippen LogP contribution in [0.3, 0.4) is 0 Å². The van der Waals surface area contributed by atoms with Crippen molar-refractivity contribution in [2.45, 2.75) is 0 Å². The number of carbonyl (C=O) groups is 1. The van der Waals surface area contributed by atoms with Crippen LogP contribution < -0.4 is 9.47 Å². The fourth-order valence-corrected chi connectivity index (χ4v) is 1.53. The minimum atomic E-state index is -0.706. The monoisotopic (exact) mass is 289 g/mol. The summed E-state index contributed by atoms with van der Waals surface area (Å²) in [6.45, 7) is 0. The van der Waals surface area contributed by atoms with Gasteiger partial charge in [-0.3, -0.25) is 0 Å². The van der Waals surface area contributed by atoms with Crippen LogP contribution in [0, 0.1) is 11.3 Å². The molecule has 0 amide bonds. The minimum absolute atomic E-state index is 0.0973. The Kier molecular flexibility index (Phi) is 5.83. The third-order valence-corrected chi connectivity index (χ3v) is 2.58. The number of hydrogen-bond acceptors (Lipinski definition) is 6. The summed E-state index contributed by atoms with van der Waals surface area (Å²) < 4.78 is 14.5. The molecule has 0 aliphatic heterocycles. The molecule has 1 N–H and O–H groups in total. The van der Waals surface area contributed by atoms with Gasteiger partial charge in [-0.2, -0.15) is 5.26 Å². The van der Waals surface area contributed by atoms with E-state index in [1.54, 1.807) is 24.3 Å². The number of aromatic hydroxyl groups is 1. The molecule has 0 aliphatic rings. The van der Waals surface area contributed by atoms with E-state index in [0.29, 0.717) is 5.56 Å². The summed E-state index contributed by atoms with van der Waals surface area (Å²) in [7, 11) is 4.05. The van der Waals surface area contributed by atoms with Gasteiger partial charge in [-0.05, 0) is 23.8 Å². The molecule has 110 valence electrons. The highest BCUT2D eigenvalue weighted by molar-refractivity contribution is 5.93. The lowest BCUT2D eigenvalue weighted by atomic mass is 10.1. The summed E-state index contributed by atoms with van der Waals surface area (Å²) in [6, 6.07) is 4.92. The van der Waals surface area contributed by atoms with Crippen LogP contribution in [0.4, 0.5) is 0 Å². The summed E-state index contributed by atoms with van der Waals surface area (Å²) in [5.41, 5.74) is 0.548. The Labute approximate surface area is 122 Å². The van der Waals surface area contributed by atoms with Crippen molar-refractivity contribution >= 4 is 12.0 Å². The van der Waals surface area contributed by atoms with Crippen LogP contribution in [0.1, 0.15) is 5.56 Å². The highest BCUT2D eigenvalue weighted by Gasteiger charge is 2.10. The Morgan fingerprint density at radius 1 is 1.24 bits per heavy atom. The smallest absolute Gasteiger partial charge is 0.348 e. The van der Waals surface area contributed by atoms with E-state index >= 15 is 0 Å². The van der Waals surface area contributed by atoms with E-state index in [-0.39, 0.29) is 22.8 Å². The summed E-state index contributed by atoms with van der Waals surface area (Å²) in [6.07, 6.45) is 4.48. The van der Waals surface area contributed by atoms with Crippen molar-refractivity contribution in [2.24, 2.45) is 0 Å². The molecular weight excluding hydrogens is 274 g/mol. The Hall–Kier alpha value is -2.94. The first-order chi connectivity index (χ1) is 10.1. The molecular formula is C15H15NO5. The molecule has 0 heterocycles. The van der Waals surface area contributed by atoms with Gasteiger partial charge in [-0.1, -0.05) is 12.2 Å². The third kappa shape index (κ3) is 4.01. The Balaban J connectivity index is 3.08. The number of ether oxygens (including phenoxy) is 3. The molecule has 0 unspecified atom stereocenters. The average molecular weight is 289 g/mol. The predicted octanol–water partition coefficient (Wildman–Crippen LogP) is 2.05. The normalized spacial score (nSPS) is 11.0. The number of phenols is 1. The number of methoxy groups -OCH3 is 3. The van der Waals surface area contributed by atoms with Gasteiger partial charge in [0.05, 0.1) is 21.3 Å². The van der Waals surface area contributed by atoms with E-state index in [2.05, 4.69) is 4.74 Å². The number of nitrogens with zero attached hydrogens (tertiary/aromatic N) is 1. The summed E-state index contributed by atoms with van der Waals surface area (Å²) >= 11 is 0. The second kappa shape index (κ2) is 7.60. The standard InChI is InChI=1S/C15H15NO5/c1-19-12-7-10(8-13(20-2)14(12)17)5-4-6-11(9-16)15(18)21-3/h4-8,17H,1-3H3. The molecule has 21 heavy (non-hydrogen) atoms. The fraction of sp³-hybridized carbons (Fsp3) is 0.200. The van der Waals surface area contributed by atoms with Gasteiger partial charge in [-0.25, -0.2) is 4.79 Å². The summed E-state index contributed by atoms with van der Waals surface area (Å²) in [5, 5.41) is 18.6. The molecule has 1 aromatic carbocycles. The maximum atomic E-state index is 11.2. The Bertz CT molecular complexity index is 600. The van der Waals surface area contributed by atoms with Crippen molar-refractivity contribution in [3.05, 3.63) is 35.4 Å². The molecule has 1 aromatic rings. The molecule has 0 spiro atoms. The highest BCUT2D eigenvalue weighted by atomic mass is 16.5. The first kappa shape index (κ1) is 16.1. The maximum Gasteiger partial charge on any atom is 0.348 e. The quantitative estimate of drug-likeness (QED) is 0.386. The number of nitriles is 1. The first-order valence-corrected chi connectivity index (χ1v) is 5.89. The zero-order valence-electron chi connectivity index (χ0n) is 11.9. The lowest BCUT2D eigenvalue weighted by Crippen LogP contribution is -2.02. The molecule has 0 aromatic heterocycles. The van der Waals surface area contributed by atoms with Crippen LogP contribution in [-0.4, -0.2) is 32.4 Å². The van der Waals surface area contributed by atoms with Crippen molar-refractivity contribution in [1.29, 1.82) is 5.26 Å². The van der Waals surface area contributed by atoms with Crippen LogP contribution in [0.5, 0.6) is 17.2 Å². The van der Waals surface area contributed by atoms with Crippen LogP contribution in [0.25, 0.3) is 6.08 Å². The number of phenolic OH excluding ortho intramolecular Hbond substituents is 1. The number of benzene rings is 1. The lowest BCUT2D eigenvalue weighted by molar-refractivity contribution is -0.135. The zero-order chi connectivity index (χ0) is 15.8. The van der Waals surface area contributed by atoms with Crippen LogP contribution >= 0.6 is 0 Å². The van der Waals surface area contributed by atoms with Crippen molar-refractivity contribution < 1.29 is 24.1 Å². The van der Waals surface area contributed by atoms with E-state index < -0.39 is 5.97 Å². The Morgan fingerprint density at radius 2 is 1.81 bits per heavy atom. The van der Waals surface area contributed by atoms with Crippen molar-refractivity contribution in [3.8, 4) is 23.3 Å². The van der Waals surface area contributed by atoms with Crippen molar-refractivity contribution in [2.75, 3.05) is 21.3 Å². The van der Waals surface area contributed by atoms with Crippen LogP contribution in [0.2, 0.25) is 0 Å². The molecule has 6 nitrogen and oxygen atoms in total. The van der Waals surface area contributed by atoms with Crippen LogP contribution in [-0.2, 0) is 9.53 Å². The topological polar surface area (TPSA) is 88.8 Å². The zero-order valence-corrected chi connectivity index (χ0v) is 11.9. The molecule has 0 saturated carbocycles. The van der Waals surface area contributed by atoms with Gasteiger partial charge in [0.15, 0.2) is 11.5 Å². The van der Waals surface area contributed by atoms with E-state index in [4.69, 9.17) is 14.7 Å². The molecule has 0 radical (unpaired) electrons. The van der Waals surface area contributed by atoms with Gasteiger partial charge in [0.1, 0.15) is 11.6 Å². The molecule has 6 heteroatoms. The highest BCUT2D eigenvalue weighted by Crippen LogP contribution is 2.37. The molecule has 0 bridgehead atoms. The third-order valence-electron chi connectivity index (χ3n) is 2.58. The number of carbonyl (C=O) groups excluding carboxylic acids is 1. The average Bonchev–Trinajstić information content (AvgIpc) is 2.51. The molecule has 0 atom stereocenters. The van der Waals surface area contributed by atoms with Gasteiger partial charge in [-0.15, -0.1) is 0 Å². The molecule has 0 saturated heterocycles. The first-order valence-electron chi connectivity index (χ1n) is 5.89. The van der Waals surface area contributed by atoms with Gasteiger partial charge in [0, 0.05) is 0 Å². The number of rotatable bonds is 5. The second-order valence-electron chi connectivity index (χ2n) is 3.82. The van der Waals surface area contributed by atoms with Gasteiger partial charge < -0.3 is 19.3 Å². The second-order valence-corrected chi connectivity index (χ2v) is 3.82.